The Kier molecular flexibility index (Phi) is 3.36. The molecule has 0 heterocycles. The van der Waals surface area contributed by atoms with Gasteiger partial charge in [0.2, 0.25) is 0 Å². The minimum absolute atomic E-state index is 0.885. The van der Waals surface area contributed by atoms with Crippen LogP contribution in [0.5, 0.6) is 5.75 Å². The van der Waals surface area contributed by atoms with Crippen LogP contribution in [0.3, 0.4) is 0 Å². The maximum atomic E-state index is 5.24. The van der Waals surface area contributed by atoms with Gasteiger partial charge in [0, 0.05) is 5.56 Å². The maximum Gasteiger partial charge on any atom is 0.126 e. The Morgan fingerprint density at radius 3 is 2.85 bits per heavy atom. The van der Waals surface area contributed by atoms with Crippen LogP contribution >= 0.6 is 0 Å². The third kappa shape index (κ3) is 2.01. The highest BCUT2D eigenvalue weighted by Crippen LogP contribution is 2.23. The Balaban J connectivity index is 3.28. The second kappa shape index (κ2) is 4.54. The normalized spacial score (nSPS) is 9.08. The lowest BCUT2D eigenvalue weighted by Crippen LogP contribution is -1.91. The predicted molar refractivity (Wildman–Crippen MR) is 56.0 cm³/mol. The van der Waals surface area contributed by atoms with Crippen LogP contribution in [0, 0.1) is 0 Å². The average Bonchev–Trinajstić information content (AvgIpc) is 2.18. The monoisotopic (exact) mass is 174 g/mol. The molecule has 0 spiro atoms. The molecule has 0 aliphatic rings. The predicted octanol–water partition coefficient (Wildman–Crippen LogP) is 3.06. The Labute approximate surface area is 79.4 Å². The van der Waals surface area contributed by atoms with Crippen molar-refractivity contribution in [3.8, 4) is 5.75 Å². The van der Waals surface area contributed by atoms with Crippen LogP contribution in [-0.2, 0) is 6.42 Å². The smallest absolute Gasteiger partial charge is 0.126 e. The van der Waals surface area contributed by atoms with Gasteiger partial charge in [-0.05, 0) is 24.1 Å². The van der Waals surface area contributed by atoms with Crippen molar-refractivity contribution >= 4 is 6.08 Å². The molecule has 1 nitrogen and oxygen atoms in total. The van der Waals surface area contributed by atoms with E-state index in [0.717, 1.165) is 17.7 Å². The molecular formula is C12H14O. The minimum Gasteiger partial charge on any atom is -0.496 e. The zero-order valence-electron chi connectivity index (χ0n) is 8.13. The fourth-order valence-electron chi connectivity index (χ4n) is 1.34. The third-order valence-electron chi connectivity index (χ3n) is 2.00. The van der Waals surface area contributed by atoms with Crippen LogP contribution in [0.15, 0.2) is 30.5 Å². The molecule has 0 amide bonds. The van der Waals surface area contributed by atoms with E-state index in [1.807, 2.05) is 18.2 Å². The van der Waals surface area contributed by atoms with Crippen LogP contribution in [0.2, 0.25) is 0 Å². The molecule has 0 saturated heterocycles. The van der Waals surface area contributed by atoms with E-state index in [0.29, 0.717) is 0 Å². The Morgan fingerprint density at radius 2 is 2.31 bits per heavy atom. The van der Waals surface area contributed by atoms with Crippen molar-refractivity contribution in [1.29, 1.82) is 0 Å². The van der Waals surface area contributed by atoms with Gasteiger partial charge in [0.05, 0.1) is 7.11 Å². The number of rotatable bonds is 3. The van der Waals surface area contributed by atoms with Crippen molar-refractivity contribution in [3.05, 3.63) is 41.6 Å². The second-order valence-corrected chi connectivity index (χ2v) is 2.74. The first-order valence-electron chi connectivity index (χ1n) is 4.35. The van der Waals surface area contributed by atoms with E-state index in [-0.39, 0.29) is 0 Å². The van der Waals surface area contributed by atoms with Gasteiger partial charge in [0.15, 0.2) is 0 Å². The van der Waals surface area contributed by atoms with Crippen LogP contribution in [0.4, 0.5) is 0 Å². The van der Waals surface area contributed by atoms with E-state index in [9.17, 15) is 0 Å². The van der Waals surface area contributed by atoms with E-state index < -0.39 is 0 Å². The van der Waals surface area contributed by atoms with Crippen molar-refractivity contribution in [3.63, 3.8) is 0 Å². The summed E-state index contributed by atoms with van der Waals surface area (Å²) in [6, 6.07) is 6.03. The van der Waals surface area contributed by atoms with E-state index in [1.165, 1.54) is 5.56 Å². The Morgan fingerprint density at radius 1 is 1.54 bits per heavy atom. The lowest BCUT2D eigenvalue weighted by Gasteiger charge is -2.08. The lowest BCUT2D eigenvalue weighted by molar-refractivity contribution is 0.413. The highest BCUT2D eigenvalue weighted by molar-refractivity contribution is 5.60. The highest BCUT2D eigenvalue weighted by atomic mass is 16.5. The Hall–Kier alpha value is -1.46. The van der Waals surface area contributed by atoms with E-state index in [2.05, 4.69) is 25.3 Å². The first kappa shape index (κ1) is 9.63. The highest BCUT2D eigenvalue weighted by Gasteiger charge is 2.03. The van der Waals surface area contributed by atoms with Crippen molar-refractivity contribution < 1.29 is 4.74 Å². The molecule has 13 heavy (non-hydrogen) atoms. The molecule has 0 atom stereocenters. The number of hydrogen-bond acceptors (Lipinski definition) is 1. The van der Waals surface area contributed by atoms with Crippen LogP contribution in [0.25, 0.3) is 6.08 Å². The molecule has 0 radical (unpaired) electrons. The van der Waals surface area contributed by atoms with E-state index in [1.54, 1.807) is 7.11 Å². The van der Waals surface area contributed by atoms with Crippen molar-refractivity contribution in [2.24, 2.45) is 0 Å². The summed E-state index contributed by atoms with van der Waals surface area (Å²) in [5.41, 5.74) is 5.12. The number of aryl methyl sites for hydroxylation is 1. The molecule has 0 aliphatic carbocycles. The molecule has 0 aromatic heterocycles. The zero-order valence-corrected chi connectivity index (χ0v) is 8.13. The molecule has 0 saturated carbocycles. The van der Waals surface area contributed by atoms with Gasteiger partial charge in [0.25, 0.3) is 0 Å². The molecule has 0 unspecified atom stereocenters. The number of hydrogen-bond donors (Lipinski definition) is 0. The van der Waals surface area contributed by atoms with Crippen LogP contribution in [0.1, 0.15) is 18.1 Å². The number of benzene rings is 1. The topological polar surface area (TPSA) is 9.23 Å². The quantitative estimate of drug-likeness (QED) is 0.640. The average molecular weight is 174 g/mol. The first-order chi connectivity index (χ1) is 6.33. The van der Waals surface area contributed by atoms with Gasteiger partial charge < -0.3 is 4.74 Å². The fraction of sp³-hybridized carbons (Fsp3) is 0.250. The van der Waals surface area contributed by atoms with Gasteiger partial charge in [-0.1, -0.05) is 25.6 Å². The van der Waals surface area contributed by atoms with Gasteiger partial charge in [-0.15, -0.1) is 5.73 Å². The summed E-state index contributed by atoms with van der Waals surface area (Å²) in [5.74, 6) is 0.885. The van der Waals surface area contributed by atoms with Gasteiger partial charge in [-0.2, -0.15) is 0 Å². The molecule has 1 aromatic rings. The van der Waals surface area contributed by atoms with Crippen LogP contribution in [-0.4, -0.2) is 7.11 Å². The third-order valence-corrected chi connectivity index (χ3v) is 2.00. The molecule has 0 N–H and O–H groups in total. The van der Waals surface area contributed by atoms with Gasteiger partial charge >= 0.3 is 0 Å². The Bertz CT molecular complexity index is 311. The largest absolute Gasteiger partial charge is 0.496 e. The molecule has 1 heteroatoms. The summed E-state index contributed by atoms with van der Waals surface area (Å²) < 4.78 is 5.24. The summed E-state index contributed by atoms with van der Waals surface area (Å²) in [7, 11) is 1.68. The molecule has 0 fully saturated rings. The summed E-state index contributed by atoms with van der Waals surface area (Å²) >= 11 is 0. The molecule has 0 aliphatic heterocycles. The van der Waals surface area contributed by atoms with Crippen molar-refractivity contribution in [2.75, 3.05) is 7.11 Å². The van der Waals surface area contributed by atoms with Gasteiger partial charge in [0.1, 0.15) is 5.75 Å². The summed E-state index contributed by atoms with van der Waals surface area (Å²) in [6.07, 6.45) is 2.85. The summed E-state index contributed by atoms with van der Waals surface area (Å²) in [5, 5.41) is 0. The van der Waals surface area contributed by atoms with Gasteiger partial charge in [-0.3, -0.25) is 0 Å². The standard InChI is InChI=1S/C12H14O/c1-4-7-11-10(5-2)8-6-9-12(11)13-3/h6-9H,1,5H2,2-3H3. The number of methoxy groups -OCH3 is 1. The van der Waals surface area contributed by atoms with Crippen LogP contribution < -0.4 is 4.74 Å². The number of ether oxygens (including phenoxy) is 1. The molecule has 1 rings (SSSR count). The maximum absolute atomic E-state index is 5.24. The molecule has 0 bridgehead atoms. The molecule has 1 aromatic carbocycles. The second-order valence-electron chi connectivity index (χ2n) is 2.74. The lowest BCUT2D eigenvalue weighted by atomic mass is 10.0. The van der Waals surface area contributed by atoms with E-state index in [4.69, 9.17) is 4.74 Å². The molecular weight excluding hydrogens is 160 g/mol. The van der Waals surface area contributed by atoms with Crippen molar-refractivity contribution in [2.45, 2.75) is 13.3 Å². The fourth-order valence-corrected chi connectivity index (χ4v) is 1.34. The summed E-state index contributed by atoms with van der Waals surface area (Å²) in [4.78, 5) is 0. The SMILES string of the molecule is C=C=Cc1c(CC)cccc1OC. The first-order valence-corrected chi connectivity index (χ1v) is 4.35. The summed E-state index contributed by atoms with van der Waals surface area (Å²) in [6.45, 7) is 5.69. The van der Waals surface area contributed by atoms with Crippen molar-refractivity contribution in [1.82, 2.24) is 0 Å². The zero-order chi connectivity index (χ0) is 9.68. The van der Waals surface area contributed by atoms with E-state index >= 15 is 0 Å². The minimum atomic E-state index is 0.885. The van der Waals surface area contributed by atoms with Gasteiger partial charge in [-0.25, -0.2) is 0 Å². The molecule has 68 valence electrons.